The average Bonchev–Trinajstić information content (AvgIpc) is 1.84. The first kappa shape index (κ1) is 10.5. The van der Waals surface area contributed by atoms with Gasteiger partial charge in [0.05, 0.1) is 6.04 Å². The largest absolute Gasteiger partial charge is 0.299 e. The van der Waals surface area contributed by atoms with Crippen molar-refractivity contribution in [1.29, 1.82) is 0 Å². The van der Waals surface area contributed by atoms with Gasteiger partial charge in [-0.05, 0) is 27.2 Å². The highest BCUT2D eigenvalue weighted by Gasteiger charge is 2.13. The fourth-order valence-electron chi connectivity index (χ4n) is 1.01. The monoisotopic (exact) mass is 153 g/mol. The smallest absolute Gasteiger partial charge is 0.0690 e. The molecular weight excluding hydrogens is 134 g/mol. The van der Waals surface area contributed by atoms with E-state index in [9.17, 15) is 0 Å². The summed E-state index contributed by atoms with van der Waals surface area (Å²) < 4.78 is 0. The Morgan fingerprint density at radius 3 is 2.27 bits per heavy atom. The van der Waals surface area contributed by atoms with Gasteiger partial charge < -0.3 is 0 Å². The molecule has 0 radical (unpaired) electrons. The molecule has 0 fully saturated rings. The van der Waals surface area contributed by atoms with E-state index in [2.05, 4.69) is 38.9 Å². The lowest BCUT2D eigenvalue weighted by Crippen LogP contribution is -2.42. The molecule has 0 saturated carbocycles. The third-order valence-corrected chi connectivity index (χ3v) is 1.39. The van der Waals surface area contributed by atoms with Crippen LogP contribution in [0.15, 0.2) is 0 Å². The molecule has 0 bridgehead atoms. The molecule has 1 unspecified atom stereocenters. The summed E-state index contributed by atoms with van der Waals surface area (Å²) >= 11 is 0. The molecule has 1 heteroatoms. The Balaban J connectivity index is 3.81. The first-order valence-electron chi connectivity index (χ1n) is 4.23. The number of nitrogens with one attached hydrogen (secondary N) is 1. The summed E-state index contributed by atoms with van der Waals surface area (Å²) in [7, 11) is 0. The van der Waals surface area contributed by atoms with Gasteiger partial charge in [-0.1, -0.05) is 19.3 Å². The lowest BCUT2D eigenvalue weighted by Gasteiger charge is -2.25. The van der Waals surface area contributed by atoms with Gasteiger partial charge in [-0.3, -0.25) is 5.32 Å². The molecule has 0 aliphatic heterocycles. The number of hydrogen-bond acceptors (Lipinski definition) is 1. The third-order valence-electron chi connectivity index (χ3n) is 1.39. The van der Waals surface area contributed by atoms with Crippen LogP contribution in [0.25, 0.3) is 0 Å². The minimum Gasteiger partial charge on any atom is -0.299 e. The van der Waals surface area contributed by atoms with Gasteiger partial charge in [0.2, 0.25) is 0 Å². The Hall–Kier alpha value is -0.480. The highest BCUT2D eigenvalue weighted by Crippen LogP contribution is 2.04. The minimum atomic E-state index is 0.131. The van der Waals surface area contributed by atoms with E-state index in [1.807, 2.05) is 0 Å². The van der Waals surface area contributed by atoms with Crippen molar-refractivity contribution in [3.63, 3.8) is 0 Å². The van der Waals surface area contributed by atoms with Crippen molar-refractivity contribution in [3.05, 3.63) is 0 Å². The zero-order valence-corrected chi connectivity index (χ0v) is 8.07. The van der Waals surface area contributed by atoms with E-state index in [1.54, 1.807) is 0 Å². The summed E-state index contributed by atoms with van der Waals surface area (Å²) in [5.41, 5.74) is 0.131. The molecule has 0 aromatic heterocycles. The molecular formula is C10H19N. The predicted octanol–water partition coefficient (Wildman–Crippen LogP) is 2.18. The second-order valence-corrected chi connectivity index (χ2v) is 3.90. The Morgan fingerprint density at radius 1 is 1.45 bits per heavy atom. The zero-order valence-electron chi connectivity index (χ0n) is 8.07. The van der Waals surface area contributed by atoms with E-state index in [4.69, 9.17) is 6.42 Å². The van der Waals surface area contributed by atoms with E-state index in [0.29, 0.717) is 0 Å². The van der Waals surface area contributed by atoms with E-state index >= 15 is 0 Å². The summed E-state index contributed by atoms with van der Waals surface area (Å²) in [6.07, 6.45) is 7.55. The minimum absolute atomic E-state index is 0.131. The van der Waals surface area contributed by atoms with Crippen LogP contribution in [0.5, 0.6) is 0 Å². The third kappa shape index (κ3) is 5.94. The van der Waals surface area contributed by atoms with Crippen LogP contribution >= 0.6 is 0 Å². The van der Waals surface area contributed by atoms with Crippen LogP contribution < -0.4 is 5.32 Å². The van der Waals surface area contributed by atoms with E-state index in [0.717, 1.165) is 12.8 Å². The summed E-state index contributed by atoms with van der Waals surface area (Å²) in [5.74, 6) is 2.75. The van der Waals surface area contributed by atoms with Gasteiger partial charge in [-0.15, -0.1) is 6.42 Å². The second kappa shape index (κ2) is 4.41. The maximum Gasteiger partial charge on any atom is 0.0690 e. The van der Waals surface area contributed by atoms with Gasteiger partial charge in [0.1, 0.15) is 0 Å². The topological polar surface area (TPSA) is 12.0 Å². The van der Waals surface area contributed by atoms with Crippen LogP contribution in [0.4, 0.5) is 0 Å². The van der Waals surface area contributed by atoms with Gasteiger partial charge in [0.25, 0.3) is 0 Å². The van der Waals surface area contributed by atoms with Gasteiger partial charge in [-0.2, -0.15) is 0 Å². The van der Waals surface area contributed by atoms with E-state index in [-0.39, 0.29) is 11.6 Å². The van der Waals surface area contributed by atoms with Gasteiger partial charge in [0, 0.05) is 5.54 Å². The molecule has 0 spiro atoms. The fourth-order valence-corrected chi connectivity index (χ4v) is 1.01. The number of terminal acetylenes is 1. The molecule has 0 aromatic carbocycles. The standard InChI is InChI=1S/C10H19N/c1-6-8-9(7-2)11-10(3,4)5/h2,9,11H,6,8H2,1,3-5H3. The molecule has 0 amide bonds. The van der Waals surface area contributed by atoms with E-state index in [1.165, 1.54) is 0 Å². The lowest BCUT2D eigenvalue weighted by atomic mass is 10.1. The highest BCUT2D eigenvalue weighted by atomic mass is 15.0. The highest BCUT2D eigenvalue weighted by molar-refractivity contribution is 5.00. The summed E-state index contributed by atoms with van der Waals surface area (Å²) in [4.78, 5) is 0. The normalized spacial score (nSPS) is 14.1. The van der Waals surface area contributed by atoms with Crippen molar-refractivity contribution in [3.8, 4) is 12.3 Å². The first-order chi connectivity index (χ1) is 4.99. The Kier molecular flexibility index (Phi) is 4.22. The molecule has 1 N–H and O–H groups in total. The van der Waals surface area contributed by atoms with E-state index < -0.39 is 0 Å². The van der Waals surface area contributed by atoms with Crippen LogP contribution in [0, 0.1) is 12.3 Å². The second-order valence-electron chi connectivity index (χ2n) is 3.90. The van der Waals surface area contributed by atoms with Crippen LogP contribution in [-0.4, -0.2) is 11.6 Å². The van der Waals surface area contributed by atoms with Crippen molar-refractivity contribution < 1.29 is 0 Å². The molecule has 1 atom stereocenters. The maximum atomic E-state index is 5.35. The summed E-state index contributed by atoms with van der Waals surface area (Å²) in [6.45, 7) is 8.54. The molecule has 0 aliphatic rings. The van der Waals surface area contributed by atoms with Crippen molar-refractivity contribution in [2.45, 2.75) is 52.1 Å². The molecule has 0 heterocycles. The maximum absolute atomic E-state index is 5.35. The van der Waals surface area contributed by atoms with Crippen LogP contribution in [0.3, 0.4) is 0 Å². The summed E-state index contributed by atoms with van der Waals surface area (Å²) in [6, 6.07) is 0.236. The SMILES string of the molecule is C#CC(CCC)NC(C)(C)C. The number of rotatable bonds is 3. The number of hydrogen-bond donors (Lipinski definition) is 1. The van der Waals surface area contributed by atoms with Crippen molar-refractivity contribution in [1.82, 2.24) is 5.32 Å². The quantitative estimate of drug-likeness (QED) is 0.613. The van der Waals surface area contributed by atoms with Crippen molar-refractivity contribution >= 4 is 0 Å². The van der Waals surface area contributed by atoms with Crippen LogP contribution in [0.1, 0.15) is 40.5 Å². The summed E-state index contributed by atoms with van der Waals surface area (Å²) in [5, 5.41) is 3.37. The molecule has 0 saturated heterocycles. The van der Waals surface area contributed by atoms with Crippen molar-refractivity contribution in [2.24, 2.45) is 0 Å². The van der Waals surface area contributed by atoms with Crippen LogP contribution in [0.2, 0.25) is 0 Å². The first-order valence-corrected chi connectivity index (χ1v) is 4.23. The molecule has 0 aliphatic carbocycles. The molecule has 1 nitrogen and oxygen atoms in total. The Morgan fingerprint density at radius 2 is 2.00 bits per heavy atom. The average molecular weight is 153 g/mol. The fraction of sp³-hybridized carbons (Fsp3) is 0.800. The molecule has 0 rings (SSSR count). The van der Waals surface area contributed by atoms with Crippen molar-refractivity contribution in [2.75, 3.05) is 0 Å². The molecule has 11 heavy (non-hydrogen) atoms. The lowest BCUT2D eigenvalue weighted by molar-refractivity contribution is 0.385. The van der Waals surface area contributed by atoms with Gasteiger partial charge in [-0.25, -0.2) is 0 Å². The molecule has 0 aromatic rings. The van der Waals surface area contributed by atoms with Gasteiger partial charge in [0.15, 0.2) is 0 Å². The van der Waals surface area contributed by atoms with Gasteiger partial charge >= 0.3 is 0 Å². The Bertz CT molecular complexity index is 136. The molecule has 64 valence electrons. The predicted molar refractivity (Wildman–Crippen MR) is 50.4 cm³/mol. The van der Waals surface area contributed by atoms with Crippen LogP contribution in [-0.2, 0) is 0 Å². The zero-order chi connectivity index (χ0) is 8.91. The Labute approximate surface area is 70.6 Å².